The molecule has 0 aliphatic rings. The largest absolute Gasteiger partial charge is 0.462 e. The van der Waals surface area contributed by atoms with Crippen molar-refractivity contribution in [3.63, 3.8) is 0 Å². The molecule has 0 aromatic heterocycles. The lowest BCUT2D eigenvalue weighted by Gasteiger charge is -2.18. The van der Waals surface area contributed by atoms with Crippen molar-refractivity contribution in [1.82, 2.24) is 0 Å². The monoisotopic (exact) mass is 909 g/mol. The zero-order valence-electron chi connectivity index (χ0n) is 41.9. The molecule has 0 radical (unpaired) electrons. The van der Waals surface area contributed by atoms with Gasteiger partial charge in [-0.2, -0.15) is 0 Å². The molecule has 0 aromatic rings. The molecule has 0 bridgehead atoms. The van der Waals surface area contributed by atoms with Crippen LogP contribution in [0.4, 0.5) is 0 Å². The highest BCUT2D eigenvalue weighted by molar-refractivity contribution is 5.71. The quantitative estimate of drug-likeness (QED) is 0.0199. The molecule has 0 amide bonds. The van der Waals surface area contributed by atoms with Crippen molar-refractivity contribution in [2.75, 3.05) is 13.2 Å². The summed E-state index contributed by atoms with van der Waals surface area (Å²) in [6.45, 7) is 6.17. The average molecular weight is 909 g/mol. The van der Waals surface area contributed by atoms with Crippen molar-refractivity contribution in [2.24, 2.45) is 0 Å². The van der Waals surface area contributed by atoms with Gasteiger partial charge in [0.25, 0.3) is 0 Å². The molecule has 0 saturated heterocycles. The van der Waals surface area contributed by atoms with Crippen molar-refractivity contribution in [1.29, 1.82) is 0 Å². The molecular formula is C60H92O6. The molecule has 0 aliphatic carbocycles. The standard InChI is InChI=1S/C60H92O6/c1-4-7-10-13-16-19-22-25-28-29-30-31-33-35-38-41-44-47-50-53-59(62)65-56-57(55-64-58(61)52-49-46-43-40-37-34-27-24-21-18-15-12-9-6-3)66-60(63)54-51-48-45-42-39-36-32-26-23-20-17-14-11-8-5-2/h7-12,14,16-21,23,25-28,30-32,34,36,39,57H,4-6,13,15,22,24,29,33,35,37-38,40-56H2,1-3H3/b10-7-,11-8-,12-9-,17-14-,19-16-,21-18-,23-20-,28-25-,31-30-,32-26-,34-27-,39-36-. The molecule has 0 N–H and O–H groups in total. The molecule has 6 heteroatoms. The summed E-state index contributed by atoms with van der Waals surface area (Å²) in [5, 5.41) is 0. The van der Waals surface area contributed by atoms with Crippen LogP contribution in [0.15, 0.2) is 146 Å². The van der Waals surface area contributed by atoms with Crippen molar-refractivity contribution in [2.45, 2.75) is 200 Å². The van der Waals surface area contributed by atoms with Crippen molar-refractivity contribution < 1.29 is 28.6 Å². The summed E-state index contributed by atoms with van der Waals surface area (Å²) < 4.78 is 16.7. The lowest BCUT2D eigenvalue weighted by atomic mass is 10.1. The van der Waals surface area contributed by atoms with Crippen LogP contribution >= 0.6 is 0 Å². The van der Waals surface area contributed by atoms with Gasteiger partial charge in [0.2, 0.25) is 0 Å². The van der Waals surface area contributed by atoms with Crippen LogP contribution in [0.3, 0.4) is 0 Å². The highest BCUT2D eigenvalue weighted by atomic mass is 16.6. The molecule has 0 spiro atoms. The second kappa shape index (κ2) is 52.9. The van der Waals surface area contributed by atoms with Crippen LogP contribution in [0.2, 0.25) is 0 Å². The molecule has 0 aliphatic heterocycles. The summed E-state index contributed by atoms with van der Waals surface area (Å²) in [5.41, 5.74) is 0. The predicted octanol–water partition coefficient (Wildman–Crippen LogP) is 17.3. The Morgan fingerprint density at radius 2 is 0.621 bits per heavy atom. The summed E-state index contributed by atoms with van der Waals surface area (Å²) in [6.07, 6.45) is 75.4. The SMILES string of the molecule is CC\C=C/C=C\C=C/C=C\C=C/CCCCCC(=O)OC(COC(=O)CCCCCC/C=C\C/C=C\C/C=C\CC)COC(=O)CCCCCCCC/C=C\C/C=C\C/C=C\C/C=C\CC. The van der Waals surface area contributed by atoms with Crippen molar-refractivity contribution >= 4 is 17.9 Å². The topological polar surface area (TPSA) is 78.9 Å². The molecule has 0 rings (SSSR count). The second-order valence-corrected chi connectivity index (χ2v) is 16.4. The third-order valence-electron chi connectivity index (χ3n) is 10.2. The number of allylic oxidation sites excluding steroid dienone is 24. The van der Waals surface area contributed by atoms with Gasteiger partial charge < -0.3 is 14.2 Å². The average Bonchev–Trinajstić information content (AvgIpc) is 3.31. The predicted molar refractivity (Wildman–Crippen MR) is 283 cm³/mol. The van der Waals surface area contributed by atoms with E-state index >= 15 is 0 Å². The van der Waals surface area contributed by atoms with Crippen LogP contribution in [0, 0.1) is 0 Å². The zero-order chi connectivity index (χ0) is 47.9. The van der Waals surface area contributed by atoms with Gasteiger partial charge in [-0.05, 0) is 109 Å². The Morgan fingerprint density at radius 1 is 0.318 bits per heavy atom. The highest BCUT2D eigenvalue weighted by Crippen LogP contribution is 2.12. The van der Waals surface area contributed by atoms with Crippen LogP contribution in [-0.2, 0) is 28.6 Å². The number of rotatable bonds is 44. The fourth-order valence-electron chi connectivity index (χ4n) is 6.41. The van der Waals surface area contributed by atoms with E-state index < -0.39 is 6.10 Å². The summed E-state index contributed by atoms with van der Waals surface area (Å²) in [6, 6.07) is 0. The third-order valence-corrected chi connectivity index (χ3v) is 10.2. The number of unbranched alkanes of at least 4 members (excludes halogenated alkanes) is 13. The van der Waals surface area contributed by atoms with Crippen LogP contribution in [-0.4, -0.2) is 37.2 Å². The zero-order valence-corrected chi connectivity index (χ0v) is 41.9. The minimum Gasteiger partial charge on any atom is -0.462 e. The van der Waals surface area contributed by atoms with Crippen LogP contribution in [0.5, 0.6) is 0 Å². The van der Waals surface area contributed by atoms with E-state index in [0.29, 0.717) is 19.3 Å². The van der Waals surface area contributed by atoms with Gasteiger partial charge in [0.1, 0.15) is 13.2 Å². The Bertz CT molecular complexity index is 1510. The highest BCUT2D eigenvalue weighted by Gasteiger charge is 2.19. The van der Waals surface area contributed by atoms with Gasteiger partial charge in [-0.25, -0.2) is 0 Å². The maximum absolute atomic E-state index is 12.8. The van der Waals surface area contributed by atoms with E-state index in [1.54, 1.807) is 0 Å². The summed E-state index contributed by atoms with van der Waals surface area (Å²) in [4.78, 5) is 38.0. The van der Waals surface area contributed by atoms with Crippen LogP contribution in [0.25, 0.3) is 0 Å². The lowest BCUT2D eigenvalue weighted by Crippen LogP contribution is -2.30. The summed E-state index contributed by atoms with van der Waals surface area (Å²) in [7, 11) is 0. The third kappa shape index (κ3) is 50.3. The molecule has 6 nitrogen and oxygen atoms in total. The summed E-state index contributed by atoms with van der Waals surface area (Å²) in [5.74, 6) is -1.01. The fraction of sp³-hybridized carbons (Fsp3) is 0.550. The maximum atomic E-state index is 12.8. The molecule has 0 heterocycles. The molecular weight excluding hydrogens is 817 g/mol. The first-order chi connectivity index (χ1) is 32.5. The van der Waals surface area contributed by atoms with E-state index in [0.717, 1.165) is 135 Å². The number of carbonyl (C=O) groups is 3. The summed E-state index contributed by atoms with van der Waals surface area (Å²) >= 11 is 0. The van der Waals surface area contributed by atoms with Gasteiger partial charge in [-0.1, -0.05) is 212 Å². The number of ether oxygens (including phenoxy) is 3. The molecule has 66 heavy (non-hydrogen) atoms. The van der Waals surface area contributed by atoms with Gasteiger partial charge in [0.15, 0.2) is 6.10 Å². The van der Waals surface area contributed by atoms with Crippen LogP contribution in [0.1, 0.15) is 194 Å². The van der Waals surface area contributed by atoms with E-state index in [9.17, 15) is 14.4 Å². The van der Waals surface area contributed by atoms with Crippen molar-refractivity contribution in [3.05, 3.63) is 146 Å². The Kier molecular flexibility index (Phi) is 49.1. The lowest BCUT2D eigenvalue weighted by molar-refractivity contribution is -0.167. The molecule has 0 aromatic carbocycles. The minimum atomic E-state index is -0.822. The van der Waals surface area contributed by atoms with Gasteiger partial charge in [0, 0.05) is 19.3 Å². The molecule has 0 saturated carbocycles. The Hall–Kier alpha value is -4.71. The first kappa shape index (κ1) is 61.3. The van der Waals surface area contributed by atoms with Gasteiger partial charge >= 0.3 is 17.9 Å². The van der Waals surface area contributed by atoms with E-state index in [2.05, 4.69) is 118 Å². The number of esters is 3. The first-order valence-corrected chi connectivity index (χ1v) is 25.9. The first-order valence-electron chi connectivity index (χ1n) is 25.9. The van der Waals surface area contributed by atoms with Crippen molar-refractivity contribution in [3.8, 4) is 0 Å². The smallest absolute Gasteiger partial charge is 0.306 e. The normalized spacial score (nSPS) is 13.3. The van der Waals surface area contributed by atoms with Gasteiger partial charge in [-0.15, -0.1) is 0 Å². The van der Waals surface area contributed by atoms with E-state index in [1.165, 1.54) is 12.8 Å². The fourth-order valence-corrected chi connectivity index (χ4v) is 6.41. The van der Waals surface area contributed by atoms with Gasteiger partial charge in [-0.3, -0.25) is 14.4 Å². The second-order valence-electron chi connectivity index (χ2n) is 16.4. The molecule has 1 atom stereocenters. The van der Waals surface area contributed by atoms with E-state index in [4.69, 9.17) is 14.2 Å². The maximum Gasteiger partial charge on any atom is 0.306 e. The minimum absolute atomic E-state index is 0.117. The number of carbonyl (C=O) groups excluding carboxylic acids is 3. The molecule has 368 valence electrons. The number of hydrogen-bond acceptors (Lipinski definition) is 6. The van der Waals surface area contributed by atoms with Crippen LogP contribution < -0.4 is 0 Å². The van der Waals surface area contributed by atoms with E-state index in [1.807, 2.05) is 48.6 Å². The Balaban J connectivity index is 4.54. The molecule has 1 unspecified atom stereocenters. The Morgan fingerprint density at radius 3 is 1.05 bits per heavy atom. The van der Waals surface area contributed by atoms with E-state index in [-0.39, 0.29) is 37.5 Å². The van der Waals surface area contributed by atoms with Gasteiger partial charge in [0.05, 0.1) is 0 Å². The Labute approximate surface area is 404 Å². The molecule has 0 fully saturated rings. The number of hydrogen-bond donors (Lipinski definition) is 0.